The van der Waals surface area contributed by atoms with Gasteiger partial charge in [0.15, 0.2) is 10.8 Å². The molecule has 0 amide bonds. The van der Waals surface area contributed by atoms with Crippen LogP contribution in [0.4, 0.5) is 4.39 Å². The minimum atomic E-state index is -0.768. The van der Waals surface area contributed by atoms with E-state index in [2.05, 4.69) is 22.5 Å². The van der Waals surface area contributed by atoms with Crippen molar-refractivity contribution in [2.75, 3.05) is 32.9 Å². The van der Waals surface area contributed by atoms with Crippen LogP contribution in [0.25, 0.3) is 0 Å². The molecule has 172 valence electrons. The van der Waals surface area contributed by atoms with E-state index in [1.165, 1.54) is 23.5 Å². The molecule has 0 bridgehead atoms. The topological polar surface area (TPSA) is 84.8 Å². The van der Waals surface area contributed by atoms with Gasteiger partial charge in [-0.05, 0) is 25.5 Å². The van der Waals surface area contributed by atoms with Gasteiger partial charge < -0.3 is 20.1 Å². The predicted molar refractivity (Wildman–Crippen MR) is 124 cm³/mol. The van der Waals surface area contributed by atoms with Crippen molar-refractivity contribution in [3.05, 3.63) is 62.5 Å². The number of nitrogens with one attached hydrogen (secondary N) is 2. The number of halogens is 2. The number of aliphatic imine (C=N–C) groups is 1. The molecule has 2 aromatic rings. The minimum absolute atomic E-state index is 0.182. The first kappa shape index (κ1) is 24.3. The second-order valence-corrected chi connectivity index (χ2v) is 8.21. The highest BCUT2D eigenvalue weighted by Gasteiger charge is 2.33. The summed E-state index contributed by atoms with van der Waals surface area (Å²) < 4.78 is 24.5. The Balaban J connectivity index is 1.97. The van der Waals surface area contributed by atoms with E-state index >= 15 is 0 Å². The predicted octanol–water partition coefficient (Wildman–Crippen LogP) is 3.86. The third-order valence-corrected chi connectivity index (χ3v) is 5.69. The van der Waals surface area contributed by atoms with Gasteiger partial charge >= 0.3 is 5.97 Å². The minimum Gasteiger partial charge on any atom is -0.463 e. The van der Waals surface area contributed by atoms with Crippen LogP contribution >= 0.6 is 22.9 Å². The van der Waals surface area contributed by atoms with Gasteiger partial charge in [0.05, 0.1) is 18.8 Å². The van der Waals surface area contributed by atoms with Crippen molar-refractivity contribution >= 4 is 34.7 Å². The summed E-state index contributed by atoms with van der Waals surface area (Å²) in [6.07, 6.45) is 2.63. The zero-order chi connectivity index (χ0) is 22.9. The summed E-state index contributed by atoms with van der Waals surface area (Å²) in [5.41, 5.74) is 1.43. The largest absolute Gasteiger partial charge is 0.463 e. The number of ether oxygens (including phenoxy) is 2. The molecule has 0 unspecified atom stereocenters. The van der Waals surface area contributed by atoms with E-state index in [1.807, 2.05) is 5.38 Å². The van der Waals surface area contributed by atoms with Crippen molar-refractivity contribution in [2.24, 2.45) is 4.99 Å². The Morgan fingerprint density at radius 2 is 2.19 bits per heavy atom. The summed E-state index contributed by atoms with van der Waals surface area (Å²) in [5.74, 6) is -0.462. The second-order valence-electron chi connectivity index (χ2n) is 6.91. The Hall–Kier alpha value is -2.33. The molecular formula is C22H26ClFN4O3S. The van der Waals surface area contributed by atoms with Crippen LogP contribution < -0.4 is 10.6 Å². The van der Waals surface area contributed by atoms with Gasteiger partial charge in [0.1, 0.15) is 11.9 Å². The average molecular weight is 481 g/mol. The van der Waals surface area contributed by atoms with Crippen LogP contribution in [0.15, 0.2) is 46.0 Å². The molecule has 2 N–H and O–H groups in total. The second kappa shape index (κ2) is 12.1. The quantitative estimate of drug-likeness (QED) is 0.375. The van der Waals surface area contributed by atoms with Crippen molar-refractivity contribution in [2.45, 2.75) is 26.3 Å². The number of benzene rings is 1. The summed E-state index contributed by atoms with van der Waals surface area (Å²) in [7, 11) is 0. The van der Waals surface area contributed by atoms with E-state index in [0.29, 0.717) is 54.0 Å². The fourth-order valence-electron chi connectivity index (χ4n) is 3.19. The van der Waals surface area contributed by atoms with Crippen LogP contribution in [0.2, 0.25) is 5.02 Å². The zero-order valence-electron chi connectivity index (χ0n) is 18.0. The van der Waals surface area contributed by atoms with E-state index in [-0.39, 0.29) is 11.6 Å². The molecule has 0 spiro atoms. The fourth-order valence-corrected chi connectivity index (χ4v) is 4.04. The highest BCUT2D eigenvalue weighted by molar-refractivity contribution is 7.11. The van der Waals surface area contributed by atoms with Crippen molar-refractivity contribution in [3.63, 3.8) is 0 Å². The summed E-state index contributed by atoms with van der Waals surface area (Å²) in [5, 5.41) is 9.21. The molecule has 1 aliphatic rings. The smallest absolute Gasteiger partial charge is 0.338 e. The van der Waals surface area contributed by atoms with Crippen LogP contribution in [0.3, 0.4) is 0 Å². The Kier molecular flexibility index (Phi) is 9.16. The number of hydrogen-bond donors (Lipinski definition) is 2. The van der Waals surface area contributed by atoms with Crippen LogP contribution in [0, 0.1) is 5.82 Å². The summed E-state index contributed by atoms with van der Waals surface area (Å²) in [4.78, 5) is 22.0. The SMILES string of the molecule is CCCOCCNCC1=C(C(=O)OCC)[C@H](c2ccc(F)cc2Cl)N=C(c2nccs2)N1. The Labute approximate surface area is 195 Å². The van der Waals surface area contributed by atoms with E-state index in [9.17, 15) is 9.18 Å². The maximum atomic E-state index is 13.7. The Morgan fingerprint density at radius 1 is 1.34 bits per heavy atom. The lowest BCUT2D eigenvalue weighted by Gasteiger charge is -2.27. The van der Waals surface area contributed by atoms with Gasteiger partial charge in [-0.2, -0.15) is 0 Å². The van der Waals surface area contributed by atoms with Gasteiger partial charge in [-0.15, -0.1) is 11.3 Å². The average Bonchev–Trinajstić information content (AvgIpc) is 3.31. The number of aromatic nitrogens is 1. The van der Waals surface area contributed by atoms with Gasteiger partial charge in [0, 0.05) is 47.6 Å². The molecular weight excluding hydrogens is 455 g/mol. The first-order valence-corrected chi connectivity index (χ1v) is 11.7. The molecule has 1 aromatic heterocycles. The maximum absolute atomic E-state index is 13.7. The lowest BCUT2D eigenvalue weighted by molar-refractivity contribution is -0.138. The highest BCUT2D eigenvalue weighted by atomic mass is 35.5. The third kappa shape index (κ3) is 6.13. The molecule has 2 heterocycles. The van der Waals surface area contributed by atoms with Gasteiger partial charge in [-0.25, -0.2) is 14.2 Å². The van der Waals surface area contributed by atoms with Gasteiger partial charge in [0.25, 0.3) is 0 Å². The van der Waals surface area contributed by atoms with Crippen molar-refractivity contribution in [1.29, 1.82) is 0 Å². The molecule has 3 rings (SSSR count). The molecule has 0 saturated heterocycles. The highest BCUT2D eigenvalue weighted by Crippen LogP contribution is 2.36. The first-order chi connectivity index (χ1) is 15.5. The van der Waals surface area contributed by atoms with Crippen LogP contribution in [-0.2, 0) is 14.3 Å². The molecule has 7 nitrogen and oxygen atoms in total. The van der Waals surface area contributed by atoms with E-state index in [4.69, 9.17) is 26.1 Å². The number of rotatable bonds is 11. The number of carbonyl (C=O) groups excluding carboxylic acids is 1. The third-order valence-electron chi connectivity index (χ3n) is 4.59. The fraction of sp³-hybridized carbons (Fsp3) is 0.409. The molecule has 1 atom stereocenters. The zero-order valence-corrected chi connectivity index (χ0v) is 19.6. The number of hydrogen-bond acceptors (Lipinski definition) is 8. The normalized spacial score (nSPS) is 16.0. The van der Waals surface area contributed by atoms with Crippen molar-refractivity contribution < 1.29 is 18.7 Å². The van der Waals surface area contributed by atoms with Crippen LogP contribution in [-0.4, -0.2) is 49.7 Å². The van der Waals surface area contributed by atoms with E-state index < -0.39 is 17.8 Å². The van der Waals surface area contributed by atoms with Gasteiger partial charge in [0.2, 0.25) is 0 Å². The summed E-state index contributed by atoms with van der Waals surface area (Å²) >= 11 is 7.77. The number of nitrogens with zero attached hydrogens (tertiary/aromatic N) is 2. The van der Waals surface area contributed by atoms with E-state index in [0.717, 1.165) is 6.42 Å². The van der Waals surface area contributed by atoms with E-state index in [1.54, 1.807) is 19.2 Å². The molecule has 0 radical (unpaired) electrons. The number of amidine groups is 1. The summed E-state index contributed by atoms with van der Waals surface area (Å²) in [6.45, 7) is 6.20. The van der Waals surface area contributed by atoms with Crippen LogP contribution in [0.5, 0.6) is 0 Å². The monoisotopic (exact) mass is 480 g/mol. The van der Waals surface area contributed by atoms with Crippen LogP contribution in [0.1, 0.15) is 36.9 Å². The standard InChI is InChI=1S/C22H26ClFN4O3S/c1-3-9-30-10-7-25-13-17-18(22(29)31-4-2)19(15-6-5-14(24)12-16(15)23)28-20(27-17)21-26-8-11-32-21/h5-6,8,11-12,19,25H,3-4,7,9-10,13H2,1-2H3,(H,27,28)/t19-/m0/s1. The van der Waals surface area contributed by atoms with Gasteiger partial charge in [-0.3, -0.25) is 4.99 Å². The lowest BCUT2D eigenvalue weighted by atomic mass is 9.95. The molecule has 10 heteroatoms. The lowest BCUT2D eigenvalue weighted by Crippen LogP contribution is -2.38. The van der Waals surface area contributed by atoms with Crippen molar-refractivity contribution in [1.82, 2.24) is 15.6 Å². The maximum Gasteiger partial charge on any atom is 0.338 e. The first-order valence-electron chi connectivity index (χ1n) is 10.4. The molecule has 1 aromatic carbocycles. The Bertz CT molecular complexity index is 982. The number of esters is 1. The Morgan fingerprint density at radius 3 is 2.88 bits per heavy atom. The summed E-state index contributed by atoms with van der Waals surface area (Å²) in [6, 6.07) is 3.28. The molecule has 0 aliphatic carbocycles. The molecule has 32 heavy (non-hydrogen) atoms. The molecule has 1 aliphatic heterocycles. The molecule has 0 saturated carbocycles. The van der Waals surface area contributed by atoms with Crippen molar-refractivity contribution in [3.8, 4) is 0 Å². The number of thiazole rings is 1. The number of carbonyl (C=O) groups is 1. The van der Waals surface area contributed by atoms with Gasteiger partial charge in [-0.1, -0.05) is 24.6 Å². The molecule has 0 fully saturated rings.